The molecule has 2 rings (SSSR count). The van der Waals surface area contributed by atoms with Crippen LogP contribution in [0.15, 0.2) is 12.1 Å². The first kappa shape index (κ1) is 15.4. The molecule has 1 aromatic carbocycles. The number of hydrogen-bond acceptors (Lipinski definition) is 2. The molecule has 0 saturated carbocycles. The highest BCUT2D eigenvalue weighted by Gasteiger charge is 2.27. The first-order chi connectivity index (χ1) is 9.45. The van der Waals surface area contributed by atoms with E-state index in [9.17, 15) is 0 Å². The Kier molecular flexibility index (Phi) is 4.74. The fourth-order valence-electron chi connectivity index (χ4n) is 3.01. The second-order valence-electron chi connectivity index (χ2n) is 6.92. The van der Waals surface area contributed by atoms with Gasteiger partial charge in [-0.1, -0.05) is 39.8 Å². The highest BCUT2D eigenvalue weighted by Crippen LogP contribution is 2.41. The van der Waals surface area contributed by atoms with Crippen molar-refractivity contribution in [1.29, 1.82) is 0 Å². The van der Waals surface area contributed by atoms with Gasteiger partial charge in [0, 0.05) is 11.6 Å². The third-order valence-electron chi connectivity index (χ3n) is 4.09. The van der Waals surface area contributed by atoms with Crippen molar-refractivity contribution in [3.05, 3.63) is 28.8 Å². The van der Waals surface area contributed by atoms with Crippen LogP contribution in [0, 0.1) is 6.92 Å². The van der Waals surface area contributed by atoms with E-state index in [4.69, 9.17) is 4.74 Å². The number of rotatable bonds is 3. The third-order valence-corrected chi connectivity index (χ3v) is 4.09. The van der Waals surface area contributed by atoms with Crippen LogP contribution in [0.5, 0.6) is 5.75 Å². The highest BCUT2D eigenvalue weighted by atomic mass is 16.5. The molecule has 1 aromatic rings. The van der Waals surface area contributed by atoms with Gasteiger partial charge in [0.2, 0.25) is 0 Å². The largest absolute Gasteiger partial charge is 0.493 e. The molecule has 20 heavy (non-hydrogen) atoms. The van der Waals surface area contributed by atoms with Gasteiger partial charge in [-0.25, -0.2) is 0 Å². The number of ether oxygens (including phenoxy) is 1. The van der Waals surface area contributed by atoms with Gasteiger partial charge < -0.3 is 10.1 Å². The molecular formula is C18H29NO. The third kappa shape index (κ3) is 3.17. The van der Waals surface area contributed by atoms with Crippen molar-refractivity contribution >= 4 is 0 Å². The summed E-state index contributed by atoms with van der Waals surface area (Å²) >= 11 is 0. The van der Waals surface area contributed by atoms with Crippen LogP contribution in [0.25, 0.3) is 0 Å². The topological polar surface area (TPSA) is 21.3 Å². The minimum absolute atomic E-state index is 0.122. The van der Waals surface area contributed by atoms with E-state index in [0.717, 1.165) is 25.3 Å². The molecule has 0 aromatic heterocycles. The maximum atomic E-state index is 6.16. The number of benzene rings is 1. The predicted molar refractivity (Wildman–Crippen MR) is 85.6 cm³/mol. The number of hydrogen-bond donors (Lipinski definition) is 1. The molecule has 0 saturated heterocycles. The lowest BCUT2D eigenvalue weighted by Gasteiger charge is -2.27. The van der Waals surface area contributed by atoms with E-state index in [1.54, 1.807) is 0 Å². The minimum atomic E-state index is 0.122. The van der Waals surface area contributed by atoms with Gasteiger partial charge in [-0.15, -0.1) is 0 Å². The molecule has 0 spiro atoms. The molecule has 1 aliphatic heterocycles. The Labute approximate surface area is 123 Å². The van der Waals surface area contributed by atoms with E-state index in [-0.39, 0.29) is 5.41 Å². The smallest absolute Gasteiger partial charge is 0.128 e. The van der Waals surface area contributed by atoms with Gasteiger partial charge in [-0.3, -0.25) is 0 Å². The van der Waals surface area contributed by atoms with Crippen molar-refractivity contribution in [3.8, 4) is 5.75 Å². The predicted octanol–water partition coefficient (Wildman–Crippen LogP) is 4.51. The van der Waals surface area contributed by atoms with E-state index in [1.165, 1.54) is 29.5 Å². The van der Waals surface area contributed by atoms with Gasteiger partial charge in [0.1, 0.15) is 5.75 Å². The van der Waals surface area contributed by atoms with Gasteiger partial charge in [0.25, 0.3) is 0 Å². The van der Waals surface area contributed by atoms with Crippen LogP contribution in [-0.4, -0.2) is 13.2 Å². The fraction of sp³-hybridized carbons (Fsp3) is 0.667. The summed E-state index contributed by atoms with van der Waals surface area (Å²) in [5.41, 5.74) is 4.20. The Morgan fingerprint density at radius 1 is 1.30 bits per heavy atom. The second-order valence-corrected chi connectivity index (χ2v) is 6.92. The molecule has 112 valence electrons. The molecule has 1 unspecified atom stereocenters. The molecule has 1 heterocycles. The lowest BCUT2D eigenvalue weighted by molar-refractivity contribution is 0.307. The quantitative estimate of drug-likeness (QED) is 0.876. The Morgan fingerprint density at radius 2 is 2.05 bits per heavy atom. The SMILES string of the molecule is CCCNC1CCCOc2c(C(C)(C)C)ccc(C)c21. The molecule has 0 radical (unpaired) electrons. The minimum Gasteiger partial charge on any atom is -0.493 e. The standard InChI is InChI=1S/C18H29NO/c1-6-11-19-15-8-7-12-20-17-14(18(3,4)5)10-9-13(2)16(15)17/h9-10,15,19H,6-8,11-12H2,1-5H3. The van der Waals surface area contributed by atoms with Gasteiger partial charge in [-0.2, -0.15) is 0 Å². The monoisotopic (exact) mass is 275 g/mol. The lowest BCUT2D eigenvalue weighted by Crippen LogP contribution is -2.23. The van der Waals surface area contributed by atoms with E-state index in [2.05, 4.69) is 52.1 Å². The fourth-order valence-corrected chi connectivity index (χ4v) is 3.01. The van der Waals surface area contributed by atoms with Gasteiger partial charge in [0.05, 0.1) is 6.61 Å². The van der Waals surface area contributed by atoms with E-state index < -0.39 is 0 Å². The van der Waals surface area contributed by atoms with Crippen LogP contribution in [0.3, 0.4) is 0 Å². The molecule has 2 nitrogen and oxygen atoms in total. The Balaban J connectivity index is 2.49. The Bertz CT molecular complexity index is 459. The number of aryl methyl sites for hydroxylation is 1. The summed E-state index contributed by atoms with van der Waals surface area (Å²) in [6.07, 6.45) is 3.46. The average Bonchev–Trinajstić information content (AvgIpc) is 2.58. The Morgan fingerprint density at radius 3 is 2.70 bits per heavy atom. The summed E-state index contributed by atoms with van der Waals surface area (Å²) in [6.45, 7) is 13.1. The summed E-state index contributed by atoms with van der Waals surface area (Å²) in [4.78, 5) is 0. The van der Waals surface area contributed by atoms with Crippen LogP contribution in [0.1, 0.15) is 69.7 Å². The molecular weight excluding hydrogens is 246 g/mol. The van der Waals surface area contributed by atoms with Crippen molar-refractivity contribution in [2.45, 2.75) is 65.3 Å². The summed E-state index contributed by atoms with van der Waals surface area (Å²) < 4.78 is 6.16. The van der Waals surface area contributed by atoms with Crippen LogP contribution in [0.2, 0.25) is 0 Å². The molecule has 0 fully saturated rings. The maximum absolute atomic E-state index is 6.16. The van der Waals surface area contributed by atoms with Crippen molar-refractivity contribution in [1.82, 2.24) is 5.32 Å². The van der Waals surface area contributed by atoms with Crippen molar-refractivity contribution < 1.29 is 4.74 Å². The van der Waals surface area contributed by atoms with Crippen LogP contribution in [0.4, 0.5) is 0 Å². The van der Waals surface area contributed by atoms with Gasteiger partial charge in [0.15, 0.2) is 0 Å². The molecule has 2 heteroatoms. The summed E-state index contributed by atoms with van der Waals surface area (Å²) in [5.74, 6) is 1.14. The van der Waals surface area contributed by atoms with E-state index >= 15 is 0 Å². The molecule has 1 N–H and O–H groups in total. The van der Waals surface area contributed by atoms with Crippen molar-refractivity contribution in [3.63, 3.8) is 0 Å². The average molecular weight is 275 g/mol. The first-order valence-corrected chi connectivity index (χ1v) is 7.95. The van der Waals surface area contributed by atoms with E-state index in [1.807, 2.05) is 0 Å². The summed E-state index contributed by atoms with van der Waals surface area (Å²) in [5, 5.41) is 3.71. The van der Waals surface area contributed by atoms with E-state index in [0.29, 0.717) is 6.04 Å². The molecule has 1 atom stereocenters. The Hall–Kier alpha value is -1.02. The zero-order valence-electron chi connectivity index (χ0n) is 13.7. The maximum Gasteiger partial charge on any atom is 0.128 e. The van der Waals surface area contributed by atoms with Crippen molar-refractivity contribution in [2.75, 3.05) is 13.2 Å². The van der Waals surface area contributed by atoms with Crippen LogP contribution < -0.4 is 10.1 Å². The zero-order valence-corrected chi connectivity index (χ0v) is 13.7. The molecule has 0 bridgehead atoms. The van der Waals surface area contributed by atoms with Crippen molar-refractivity contribution in [2.24, 2.45) is 0 Å². The second kappa shape index (κ2) is 6.17. The normalized spacial score (nSPS) is 19.1. The van der Waals surface area contributed by atoms with Gasteiger partial charge >= 0.3 is 0 Å². The number of fused-ring (bicyclic) bond motifs is 1. The summed E-state index contributed by atoms with van der Waals surface area (Å²) in [7, 11) is 0. The lowest BCUT2D eigenvalue weighted by atomic mass is 9.82. The molecule has 1 aliphatic rings. The molecule has 0 amide bonds. The first-order valence-electron chi connectivity index (χ1n) is 7.95. The highest BCUT2D eigenvalue weighted by molar-refractivity contribution is 5.51. The summed E-state index contributed by atoms with van der Waals surface area (Å²) in [6, 6.07) is 4.94. The van der Waals surface area contributed by atoms with Crippen LogP contribution in [-0.2, 0) is 5.41 Å². The number of nitrogens with one attached hydrogen (secondary N) is 1. The van der Waals surface area contributed by atoms with Crippen LogP contribution >= 0.6 is 0 Å². The zero-order chi connectivity index (χ0) is 14.8. The van der Waals surface area contributed by atoms with Gasteiger partial charge in [-0.05, 0) is 49.3 Å². The molecule has 0 aliphatic carbocycles.